The molecule has 1 aromatic carbocycles. The molecular formula is C25H28FN5O. The average molecular weight is 434 g/mol. The van der Waals surface area contributed by atoms with Crippen LogP contribution in [0.4, 0.5) is 4.39 Å². The van der Waals surface area contributed by atoms with E-state index in [9.17, 15) is 9.18 Å². The van der Waals surface area contributed by atoms with Gasteiger partial charge in [0.25, 0.3) is 0 Å². The first-order valence-corrected chi connectivity index (χ1v) is 11.4. The Morgan fingerprint density at radius 2 is 2.00 bits per heavy atom. The zero-order valence-electron chi connectivity index (χ0n) is 18.1. The van der Waals surface area contributed by atoms with Gasteiger partial charge in [0.15, 0.2) is 0 Å². The number of pyridine rings is 1. The predicted molar refractivity (Wildman–Crippen MR) is 120 cm³/mol. The number of hydrogen-bond acceptors (Lipinski definition) is 4. The van der Waals surface area contributed by atoms with Gasteiger partial charge in [-0.25, -0.2) is 4.39 Å². The van der Waals surface area contributed by atoms with E-state index in [1.165, 1.54) is 6.07 Å². The number of halogens is 1. The van der Waals surface area contributed by atoms with Gasteiger partial charge in [0.2, 0.25) is 5.91 Å². The smallest absolute Gasteiger partial charge is 0.223 e. The van der Waals surface area contributed by atoms with Crippen LogP contribution in [0.3, 0.4) is 0 Å². The largest absolute Gasteiger partial charge is 0.338 e. The lowest BCUT2D eigenvalue weighted by molar-refractivity contribution is -0.133. The summed E-state index contributed by atoms with van der Waals surface area (Å²) in [5.74, 6) is 0.364. The minimum atomic E-state index is -0.153. The van der Waals surface area contributed by atoms with E-state index in [2.05, 4.69) is 20.1 Å². The van der Waals surface area contributed by atoms with Crippen LogP contribution in [0.5, 0.6) is 0 Å². The topological polar surface area (TPSA) is 65.1 Å². The second-order valence-electron chi connectivity index (χ2n) is 8.87. The lowest BCUT2D eigenvalue weighted by Gasteiger charge is -2.34. The fourth-order valence-electron chi connectivity index (χ4n) is 4.96. The maximum absolute atomic E-state index is 14.0. The monoisotopic (exact) mass is 433 g/mol. The number of rotatable bonds is 5. The van der Waals surface area contributed by atoms with E-state index in [-0.39, 0.29) is 11.7 Å². The van der Waals surface area contributed by atoms with Crippen LogP contribution in [0.2, 0.25) is 0 Å². The first-order chi connectivity index (χ1) is 15.7. The van der Waals surface area contributed by atoms with Gasteiger partial charge < -0.3 is 4.90 Å². The molecule has 0 bridgehead atoms. The number of carbonyl (C=O) groups excluding carboxylic acids is 1. The minimum Gasteiger partial charge on any atom is -0.338 e. The number of likely N-dealkylation sites (tertiary alicyclic amines) is 1. The lowest BCUT2D eigenvalue weighted by atomic mass is 9.93. The summed E-state index contributed by atoms with van der Waals surface area (Å²) in [5, 5.41) is 7.66. The molecule has 0 saturated carbocycles. The van der Waals surface area contributed by atoms with E-state index >= 15 is 0 Å². The van der Waals surface area contributed by atoms with Crippen molar-refractivity contribution in [2.24, 2.45) is 5.92 Å². The van der Waals surface area contributed by atoms with Crippen molar-refractivity contribution >= 4 is 5.91 Å². The molecule has 1 N–H and O–H groups in total. The summed E-state index contributed by atoms with van der Waals surface area (Å²) in [7, 11) is 0. The molecule has 1 fully saturated rings. The van der Waals surface area contributed by atoms with Crippen molar-refractivity contribution in [3.8, 4) is 11.3 Å². The van der Waals surface area contributed by atoms with E-state index in [1.807, 2.05) is 29.2 Å². The Bertz CT molecular complexity index is 1080. The summed E-state index contributed by atoms with van der Waals surface area (Å²) < 4.78 is 14.0. The molecule has 1 amide bonds. The standard InChI is InChI=1S/C25H28FN5O/c26-22-6-2-1-5-20(22)16-30-12-3-4-18(15-30)14-24(32)31-13-9-23-21(17-31)25(29-28-23)19-7-10-27-11-8-19/h1-2,5-8,10-11,18H,3-4,9,12-17H2,(H,28,29)/t18-/m0/s1. The van der Waals surface area contributed by atoms with E-state index < -0.39 is 0 Å². The van der Waals surface area contributed by atoms with Gasteiger partial charge in [-0.05, 0) is 43.5 Å². The molecule has 7 heteroatoms. The third-order valence-electron chi connectivity index (χ3n) is 6.66. The second kappa shape index (κ2) is 9.20. The van der Waals surface area contributed by atoms with Crippen LogP contribution in [0, 0.1) is 11.7 Å². The Morgan fingerprint density at radius 3 is 2.84 bits per heavy atom. The highest BCUT2D eigenvalue weighted by molar-refractivity contribution is 5.77. The Morgan fingerprint density at radius 1 is 1.16 bits per heavy atom. The molecule has 2 aromatic heterocycles. The van der Waals surface area contributed by atoms with Crippen LogP contribution in [-0.4, -0.2) is 50.5 Å². The average Bonchev–Trinajstić information content (AvgIpc) is 3.25. The minimum absolute atomic E-state index is 0.153. The number of H-pyrrole nitrogens is 1. The Balaban J connectivity index is 1.21. The van der Waals surface area contributed by atoms with Gasteiger partial charge in [-0.15, -0.1) is 0 Å². The van der Waals surface area contributed by atoms with Gasteiger partial charge in [0, 0.05) is 73.8 Å². The number of benzene rings is 1. The SMILES string of the molecule is O=C(C[C@@H]1CCCN(Cc2ccccc2F)C1)N1CCc2[nH]nc(-c3ccncc3)c2C1. The van der Waals surface area contributed by atoms with E-state index in [1.54, 1.807) is 18.5 Å². The Kier molecular flexibility index (Phi) is 5.99. The van der Waals surface area contributed by atoms with Crippen molar-refractivity contribution in [3.63, 3.8) is 0 Å². The van der Waals surface area contributed by atoms with Gasteiger partial charge in [-0.2, -0.15) is 5.10 Å². The van der Waals surface area contributed by atoms with Crippen molar-refractivity contribution in [3.05, 3.63) is 71.4 Å². The molecule has 1 saturated heterocycles. The van der Waals surface area contributed by atoms with Crippen LogP contribution in [-0.2, 0) is 24.3 Å². The number of piperidine rings is 1. The molecule has 5 rings (SSSR count). The van der Waals surface area contributed by atoms with E-state index in [0.717, 1.165) is 67.0 Å². The maximum Gasteiger partial charge on any atom is 0.223 e. The van der Waals surface area contributed by atoms with Gasteiger partial charge in [0.1, 0.15) is 5.82 Å². The molecule has 0 aliphatic carbocycles. The molecule has 0 unspecified atom stereocenters. The summed E-state index contributed by atoms with van der Waals surface area (Å²) in [4.78, 5) is 21.5. The predicted octanol–water partition coefficient (Wildman–Crippen LogP) is 3.80. The van der Waals surface area contributed by atoms with Crippen molar-refractivity contribution in [2.45, 2.75) is 38.8 Å². The van der Waals surface area contributed by atoms with Gasteiger partial charge in [0.05, 0.1) is 5.69 Å². The number of hydrogen-bond donors (Lipinski definition) is 1. The molecule has 3 aromatic rings. The van der Waals surface area contributed by atoms with Crippen LogP contribution in [0.15, 0.2) is 48.8 Å². The molecule has 4 heterocycles. The lowest BCUT2D eigenvalue weighted by Crippen LogP contribution is -2.40. The number of carbonyl (C=O) groups is 1. The van der Waals surface area contributed by atoms with Crippen molar-refractivity contribution in [1.29, 1.82) is 0 Å². The molecule has 0 radical (unpaired) electrons. The number of fused-ring (bicyclic) bond motifs is 1. The molecule has 0 spiro atoms. The Labute approximate surface area is 187 Å². The third kappa shape index (κ3) is 4.43. The molecule has 166 valence electrons. The Hall–Kier alpha value is -3.06. The highest BCUT2D eigenvalue weighted by Gasteiger charge is 2.29. The number of nitrogens with one attached hydrogen (secondary N) is 1. The van der Waals surface area contributed by atoms with Crippen molar-refractivity contribution < 1.29 is 9.18 Å². The highest BCUT2D eigenvalue weighted by atomic mass is 19.1. The fourth-order valence-corrected chi connectivity index (χ4v) is 4.96. The maximum atomic E-state index is 14.0. The third-order valence-corrected chi connectivity index (χ3v) is 6.66. The van der Waals surface area contributed by atoms with Crippen LogP contribution < -0.4 is 0 Å². The number of amides is 1. The molecular weight excluding hydrogens is 405 g/mol. The van der Waals surface area contributed by atoms with E-state index in [0.29, 0.717) is 25.4 Å². The summed E-state index contributed by atoms with van der Waals surface area (Å²) in [6.07, 6.45) is 6.96. The molecule has 2 aliphatic rings. The van der Waals surface area contributed by atoms with Crippen LogP contribution in [0.25, 0.3) is 11.3 Å². The summed E-state index contributed by atoms with van der Waals surface area (Å²) >= 11 is 0. The first kappa shape index (κ1) is 20.8. The molecule has 1 atom stereocenters. The van der Waals surface area contributed by atoms with Crippen LogP contribution >= 0.6 is 0 Å². The second-order valence-corrected chi connectivity index (χ2v) is 8.87. The zero-order valence-corrected chi connectivity index (χ0v) is 18.1. The number of aromatic nitrogens is 3. The first-order valence-electron chi connectivity index (χ1n) is 11.4. The summed E-state index contributed by atoms with van der Waals surface area (Å²) in [6, 6.07) is 10.9. The zero-order chi connectivity index (χ0) is 21.9. The summed E-state index contributed by atoms with van der Waals surface area (Å²) in [6.45, 7) is 3.71. The summed E-state index contributed by atoms with van der Waals surface area (Å²) in [5.41, 5.74) is 4.89. The van der Waals surface area contributed by atoms with Crippen molar-refractivity contribution in [2.75, 3.05) is 19.6 Å². The normalized spacial score (nSPS) is 19.0. The quantitative estimate of drug-likeness (QED) is 0.665. The molecule has 2 aliphatic heterocycles. The molecule has 32 heavy (non-hydrogen) atoms. The number of nitrogens with zero attached hydrogens (tertiary/aromatic N) is 4. The van der Waals surface area contributed by atoms with Gasteiger partial charge in [-0.3, -0.25) is 19.8 Å². The van der Waals surface area contributed by atoms with Gasteiger partial charge in [-0.1, -0.05) is 18.2 Å². The van der Waals surface area contributed by atoms with Crippen molar-refractivity contribution in [1.82, 2.24) is 25.0 Å². The number of aromatic amines is 1. The molecule has 6 nitrogen and oxygen atoms in total. The highest BCUT2D eigenvalue weighted by Crippen LogP contribution is 2.29. The van der Waals surface area contributed by atoms with E-state index in [4.69, 9.17) is 0 Å². The fraction of sp³-hybridized carbons (Fsp3) is 0.400. The van der Waals surface area contributed by atoms with Crippen LogP contribution in [0.1, 0.15) is 36.1 Å². The van der Waals surface area contributed by atoms with Gasteiger partial charge >= 0.3 is 0 Å².